The van der Waals surface area contributed by atoms with Crippen LogP contribution in [0.3, 0.4) is 0 Å². The SMILES string of the molecule is CN(C)C(c1ccc2c(c1)OCO2)c1nnnn1C(C)(C)C. The monoisotopic (exact) mass is 303 g/mol. The van der Waals surface area contributed by atoms with Crippen molar-refractivity contribution in [3.63, 3.8) is 0 Å². The van der Waals surface area contributed by atoms with Crippen LogP contribution in [-0.2, 0) is 5.54 Å². The number of nitrogens with zero attached hydrogens (tertiary/aromatic N) is 5. The number of ether oxygens (including phenoxy) is 2. The van der Waals surface area contributed by atoms with Crippen LogP contribution in [0.4, 0.5) is 0 Å². The van der Waals surface area contributed by atoms with E-state index in [9.17, 15) is 0 Å². The zero-order valence-electron chi connectivity index (χ0n) is 13.6. The molecule has 0 saturated carbocycles. The van der Waals surface area contributed by atoms with E-state index in [1.54, 1.807) is 0 Å². The fourth-order valence-electron chi connectivity index (χ4n) is 2.60. The lowest BCUT2D eigenvalue weighted by atomic mass is 10.0. The quantitative estimate of drug-likeness (QED) is 0.861. The molecular weight excluding hydrogens is 282 g/mol. The summed E-state index contributed by atoms with van der Waals surface area (Å²) in [6.07, 6.45) is 0. The highest BCUT2D eigenvalue weighted by Crippen LogP contribution is 2.37. The highest BCUT2D eigenvalue weighted by Gasteiger charge is 2.29. The van der Waals surface area contributed by atoms with E-state index < -0.39 is 0 Å². The largest absolute Gasteiger partial charge is 0.454 e. The van der Waals surface area contributed by atoms with Gasteiger partial charge >= 0.3 is 0 Å². The molecule has 0 N–H and O–H groups in total. The van der Waals surface area contributed by atoms with Gasteiger partial charge < -0.3 is 9.47 Å². The predicted molar refractivity (Wildman–Crippen MR) is 80.9 cm³/mol. The van der Waals surface area contributed by atoms with E-state index in [-0.39, 0.29) is 18.4 Å². The van der Waals surface area contributed by atoms with Crippen molar-refractivity contribution in [2.24, 2.45) is 0 Å². The molecule has 7 heteroatoms. The maximum absolute atomic E-state index is 5.48. The molecule has 0 saturated heterocycles. The van der Waals surface area contributed by atoms with Crippen LogP contribution in [0.15, 0.2) is 18.2 Å². The van der Waals surface area contributed by atoms with Gasteiger partial charge in [-0.15, -0.1) is 5.10 Å². The molecule has 0 spiro atoms. The van der Waals surface area contributed by atoms with Crippen LogP contribution in [0.5, 0.6) is 11.5 Å². The topological polar surface area (TPSA) is 65.3 Å². The van der Waals surface area contributed by atoms with E-state index >= 15 is 0 Å². The van der Waals surface area contributed by atoms with Crippen LogP contribution < -0.4 is 9.47 Å². The molecule has 0 amide bonds. The van der Waals surface area contributed by atoms with Crippen molar-refractivity contribution >= 4 is 0 Å². The summed E-state index contributed by atoms with van der Waals surface area (Å²) in [7, 11) is 4.02. The molecular formula is C15H21N5O2. The van der Waals surface area contributed by atoms with Gasteiger partial charge in [0.15, 0.2) is 17.3 Å². The van der Waals surface area contributed by atoms with Crippen LogP contribution >= 0.6 is 0 Å². The van der Waals surface area contributed by atoms with Gasteiger partial charge in [-0.2, -0.15) is 0 Å². The van der Waals surface area contributed by atoms with Crippen molar-refractivity contribution < 1.29 is 9.47 Å². The third-order valence-electron chi connectivity index (χ3n) is 3.60. The van der Waals surface area contributed by atoms with Gasteiger partial charge in [0.1, 0.15) is 0 Å². The highest BCUT2D eigenvalue weighted by molar-refractivity contribution is 5.46. The standard InChI is InChI=1S/C15H21N5O2/c1-15(2,3)20-14(16-17-18-20)13(19(4)5)10-6-7-11-12(8-10)22-9-21-11/h6-8,13H,9H2,1-5H3. The molecule has 3 rings (SSSR count). The van der Waals surface area contributed by atoms with Gasteiger partial charge in [-0.25, -0.2) is 4.68 Å². The Hall–Kier alpha value is -2.15. The van der Waals surface area contributed by atoms with Gasteiger partial charge in [0, 0.05) is 0 Å². The Morgan fingerprint density at radius 2 is 1.91 bits per heavy atom. The Balaban J connectivity index is 2.06. The molecule has 0 radical (unpaired) electrons. The molecule has 1 aromatic carbocycles. The van der Waals surface area contributed by atoms with Crippen molar-refractivity contribution in [2.75, 3.05) is 20.9 Å². The number of tetrazole rings is 1. The average molecular weight is 303 g/mol. The smallest absolute Gasteiger partial charge is 0.231 e. The Labute approximate surface area is 129 Å². The lowest BCUT2D eigenvalue weighted by molar-refractivity contribution is 0.174. The van der Waals surface area contributed by atoms with Crippen molar-refractivity contribution in [3.05, 3.63) is 29.6 Å². The number of rotatable bonds is 3. The van der Waals surface area contributed by atoms with E-state index in [4.69, 9.17) is 9.47 Å². The van der Waals surface area contributed by atoms with Gasteiger partial charge in [0.2, 0.25) is 6.79 Å². The number of hydrogen-bond donors (Lipinski definition) is 0. The van der Waals surface area contributed by atoms with Crippen LogP contribution in [-0.4, -0.2) is 46.0 Å². The number of benzene rings is 1. The van der Waals surface area contributed by atoms with Gasteiger partial charge in [-0.05, 0) is 63.0 Å². The van der Waals surface area contributed by atoms with Crippen LogP contribution in [0, 0.1) is 0 Å². The van der Waals surface area contributed by atoms with Crippen molar-refractivity contribution in [3.8, 4) is 11.5 Å². The molecule has 7 nitrogen and oxygen atoms in total. The molecule has 2 aromatic rings. The maximum Gasteiger partial charge on any atom is 0.231 e. The Morgan fingerprint density at radius 3 is 2.59 bits per heavy atom. The fraction of sp³-hybridized carbons (Fsp3) is 0.533. The molecule has 118 valence electrons. The molecule has 22 heavy (non-hydrogen) atoms. The first-order chi connectivity index (χ1) is 10.4. The predicted octanol–water partition coefficient (Wildman–Crippen LogP) is 1.81. The Morgan fingerprint density at radius 1 is 1.18 bits per heavy atom. The summed E-state index contributed by atoms with van der Waals surface area (Å²) < 4.78 is 12.7. The van der Waals surface area contributed by atoms with Gasteiger partial charge in [-0.1, -0.05) is 6.07 Å². The summed E-state index contributed by atoms with van der Waals surface area (Å²) in [4.78, 5) is 2.09. The molecule has 2 heterocycles. The van der Waals surface area contributed by atoms with Gasteiger partial charge in [0.05, 0.1) is 11.6 Å². The summed E-state index contributed by atoms with van der Waals surface area (Å²) in [5.41, 5.74) is 0.873. The molecule has 0 fully saturated rings. The summed E-state index contributed by atoms with van der Waals surface area (Å²) >= 11 is 0. The molecule has 1 aliphatic heterocycles. The normalized spacial score (nSPS) is 15.4. The Bertz CT molecular complexity index is 675. The van der Waals surface area contributed by atoms with Crippen LogP contribution in [0.2, 0.25) is 0 Å². The van der Waals surface area contributed by atoms with Gasteiger partial charge in [0.25, 0.3) is 0 Å². The van der Waals surface area contributed by atoms with E-state index in [0.29, 0.717) is 0 Å². The molecule has 1 atom stereocenters. The zero-order valence-corrected chi connectivity index (χ0v) is 13.6. The zero-order chi connectivity index (χ0) is 15.9. The number of fused-ring (bicyclic) bond motifs is 1. The number of hydrogen-bond acceptors (Lipinski definition) is 6. The maximum atomic E-state index is 5.48. The molecule has 1 unspecified atom stereocenters. The average Bonchev–Trinajstić information content (AvgIpc) is 3.05. The second-order valence-electron chi connectivity index (χ2n) is 6.60. The molecule has 0 bridgehead atoms. The third-order valence-corrected chi connectivity index (χ3v) is 3.60. The lowest BCUT2D eigenvalue weighted by Gasteiger charge is -2.28. The molecule has 1 aliphatic rings. The second kappa shape index (κ2) is 5.24. The summed E-state index contributed by atoms with van der Waals surface area (Å²) in [6.45, 7) is 6.52. The van der Waals surface area contributed by atoms with Crippen molar-refractivity contribution in [1.29, 1.82) is 0 Å². The van der Waals surface area contributed by atoms with E-state index in [0.717, 1.165) is 22.9 Å². The first-order valence-corrected chi connectivity index (χ1v) is 7.22. The van der Waals surface area contributed by atoms with Crippen LogP contribution in [0.25, 0.3) is 0 Å². The summed E-state index contributed by atoms with van der Waals surface area (Å²) in [6, 6.07) is 5.89. The van der Waals surface area contributed by atoms with Crippen molar-refractivity contribution in [2.45, 2.75) is 32.4 Å². The second-order valence-corrected chi connectivity index (χ2v) is 6.60. The summed E-state index contributed by atoms with van der Waals surface area (Å²) in [5.74, 6) is 2.34. The third kappa shape index (κ3) is 2.52. The lowest BCUT2D eigenvalue weighted by Crippen LogP contribution is -2.31. The first kappa shape index (κ1) is 14.8. The minimum absolute atomic E-state index is 0.0660. The van der Waals surface area contributed by atoms with Gasteiger partial charge in [-0.3, -0.25) is 4.90 Å². The molecule has 1 aromatic heterocycles. The fourth-order valence-corrected chi connectivity index (χ4v) is 2.60. The first-order valence-electron chi connectivity index (χ1n) is 7.22. The highest BCUT2D eigenvalue weighted by atomic mass is 16.7. The van der Waals surface area contributed by atoms with Crippen molar-refractivity contribution in [1.82, 2.24) is 25.1 Å². The van der Waals surface area contributed by atoms with E-state index in [1.807, 2.05) is 37.0 Å². The number of aromatic nitrogens is 4. The van der Waals surface area contributed by atoms with E-state index in [1.165, 1.54) is 0 Å². The van der Waals surface area contributed by atoms with E-state index in [2.05, 4.69) is 41.2 Å². The minimum Gasteiger partial charge on any atom is -0.454 e. The van der Waals surface area contributed by atoms with Crippen LogP contribution in [0.1, 0.15) is 38.2 Å². The Kier molecular flexibility index (Phi) is 3.52. The molecule has 0 aliphatic carbocycles. The summed E-state index contributed by atoms with van der Waals surface area (Å²) in [5, 5.41) is 12.3. The minimum atomic E-state index is -0.191.